The van der Waals surface area contributed by atoms with E-state index in [1.54, 1.807) is 42.5 Å². The van der Waals surface area contributed by atoms with Crippen molar-refractivity contribution in [2.24, 2.45) is 0 Å². The van der Waals surface area contributed by atoms with Gasteiger partial charge in [0.05, 0.1) is 23.3 Å². The van der Waals surface area contributed by atoms with Crippen LogP contribution in [0.15, 0.2) is 82.3 Å². The number of hydrogen-bond donors (Lipinski definition) is 3. The molecule has 2 aromatic carbocycles. The number of carbonyl (C=O) groups excluding carboxylic acids is 3. The second-order valence-electron chi connectivity index (χ2n) is 6.69. The van der Waals surface area contributed by atoms with Crippen LogP contribution in [0, 0.1) is 0 Å². The number of carbonyl (C=O) groups is 3. The first-order chi connectivity index (χ1) is 15.8. The average molecular weight is 471 g/mol. The summed E-state index contributed by atoms with van der Waals surface area (Å²) in [6.45, 7) is -0.0294. The molecule has 1 heterocycles. The topological polar surface area (TPSA) is 144 Å². The molecule has 10 nitrogen and oxygen atoms in total. The molecule has 0 aliphatic carbocycles. The minimum absolute atomic E-state index is 0.0219. The molecular formula is C22H21N3O7S. The van der Waals surface area contributed by atoms with Crippen LogP contribution in [0.5, 0.6) is 0 Å². The summed E-state index contributed by atoms with van der Waals surface area (Å²) in [5, 5.41) is 4.32. The van der Waals surface area contributed by atoms with Gasteiger partial charge in [0.15, 0.2) is 0 Å². The van der Waals surface area contributed by atoms with E-state index in [9.17, 15) is 22.8 Å². The lowest BCUT2D eigenvalue weighted by molar-refractivity contribution is -0.129. The van der Waals surface area contributed by atoms with E-state index in [1.165, 1.54) is 37.6 Å². The molecule has 0 radical (unpaired) electrons. The van der Waals surface area contributed by atoms with Gasteiger partial charge in [-0.1, -0.05) is 30.3 Å². The van der Waals surface area contributed by atoms with Crippen LogP contribution in [-0.2, 0) is 26.1 Å². The van der Waals surface area contributed by atoms with Gasteiger partial charge in [0.1, 0.15) is 5.76 Å². The Morgan fingerprint density at radius 1 is 0.970 bits per heavy atom. The molecule has 0 saturated carbocycles. The summed E-state index contributed by atoms with van der Waals surface area (Å²) in [4.78, 5) is 36.6. The van der Waals surface area contributed by atoms with Crippen LogP contribution in [0.25, 0.3) is 0 Å². The molecule has 33 heavy (non-hydrogen) atoms. The van der Waals surface area contributed by atoms with Gasteiger partial charge in [-0.25, -0.2) is 22.7 Å². The second-order valence-corrected chi connectivity index (χ2v) is 8.46. The first-order valence-corrected chi connectivity index (χ1v) is 11.2. The minimum atomic E-state index is -3.85. The number of urea groups is 1. The quantitative estimate of drug-likeness (QED) is 0.427. The highest BCUT2D eigenvalue weighted by molar-refractivity contribution is 7.89. The van der Waals surface area contributed by atoms with E-state index < -0.39 is 34.0 Å². The molecule has 172 valence electrons. The Morgan fingerprint density at radius 2 is 1.67 bits per heavy atom. The molecule has 0 aliphatic heterocycles. The molecule has 3 rings (SSSR count). The summed E-state index contributed by atoms with van der Waals surface area (Å²) in [6.07, 6.45) is 0.0381. The van der Waals surface area contributed by atoms with Gasteiger partial charge in [0, 0.05) is 12.6 Å². The third kappa shape index (κ3) is 6.28. The Balaban J connectivity index is 1.73. The number of ether oxygens (including phenoxy) is 1. The number of sulfonamides is 1. The molecule has 1 aromatic heterocycles. The first-order valence-electron chi connectivity index (χ1n) is 9.71. The molecule has 3 amide bonds. The molecule has 3 N–H and O–H groups in total. The predicted octanol–water partition coefficient (Wildman–Crippen LogP) is 2.11. The number of imide groups is 1. The van der Waals surface area contributed by atoms with Gasteiger partial charge in [-0.05, 0) is 36.4 Å². The number of benzene rings is 2. The molecule has 0 fully saturated rings. The zero-order valence-electron chi connectivity index (χ0n) is 17.5. The van der Waals surface area contributed by atoms with Gasteiger partial charge < -0.3 is 14.5 Å². The third-order valence-electron chi connectivity index (χ3n) is 4.45. The Morgan fingerprint density at radius 3 is 2.27 bits per heavy atom. The molecule has 0 bridgehead atoms. The smallest absolute Gasteiger partial charge is 0.339 e. The van der Waals surface area contributed by atoms with Crippen LogP contribution < -0.4 is 15.4 Å². The number of hydrogen-bond acceptors (Lipinski definition) is 7. The summed E-state index contributed by atoms with van der Waals surface area (Å²) in [7, 11) is -2.51. The molecule has 0 saturated heterocycles. The Labute approximate surface area is 190 Å². The van der Waals surface area contributed by atoms with E-state index in [1.807, 2.05) is 0 Å². The highest BCUT2D eigenvalue weighted by atomic mass is 32.2. The monoisotopic (exact) mass is 471 g/mol. The van der Waals surface area contributed by atoms with Crippen molar-refractivity contribution in [2.75, 3.05) is 7.05 Å². The van der Waals surface area contributed by atoms with Gasteiger partial charge in [-0.15, -0.1) is 0 Å². The molecule has 1 atom stereocenters. The van der Waals surface area contributed by atoms with Gasteiger partial charge >= 0.3 is 12.0 Å². The van der Waals surface area contributed by atoms with E-state index in [0.717, 1.165) is 0 Å². The minimum Gasteiger partial charge on any atom is -0.468 e. The molecule has 0 unspecified atom stereocenters. The van der Waals surface area contributed by atoms with E-state index in [2.05, 4.69) is 15.4 Å². The van der Waals surface area contributed by atoms with Crippen molar-refractivity contribution >= 4 is 27.9 Å². The number of rotatable bonds is 8. The van der Waals surface area contributed by atoms with Crippen molar-refractivity contribution in [1.29, 1.82) is 0 Å². The van der Waals surface area contributed by atoms with Gasteiger partial charge in [-0.3, -0.25) is 10.1 Å². The first kappa shape index (κ1) is 23.7. The molecule has 3 aromatic rings. The number of furan rings is 1. The summed E-state index contributed by atoms with van der Waals surface area (Å²) in [6, 6.07) is 15.7. The van der Waals surface area contributed by atoms with Crippen molar-refractivity contribution in [3.63, 3.8) is 0 Å². The van der Waals surface area contributed by atoms with E-state index in [4.69, 9.17) is 9.15 Å². The zero-order chi connectivity index (χ0) is 23.8. The van der Waals surface area contributed by atoms with Gasteiger partial charge in [0.25, 0.3) is 5.91 Å². The van der Waals surface area contributed by atoms with E-state index >= 15 is 0 Å². The normalized spacial score (nSPS) is 11.9. The molecule has 11 heteroatoms. The fourth-order valence-corrected chi connectivity index (χ4v) is 3.74. The molecule has 0 spiro atoms. The van der Waals surface area contributed by atoms with Crippen molar-refractivity contribution in [2.45, 2.75) is 17.5 Å². The van der Waals surface area contributed by atoms with Crippen molar-refractivity contribution in [1.82, 2.24) is 15.4 Å². The standard InChI is InChI=1S/C22H21N3O7S/c1-23-22(28)25-20(26)19(15-6-3-2-4-7-15)32-21(27)16-9-11-18(12-10-16)33(29,30)24-14-17-8-5-13-31-17/h2-13,19,24H,14H2,1H3,(H2,23,25,26,28)/t19-/m0/s1. The van der Waals surface area contributed by atoms with Crippen molar-refractivity contribution < 1.29 is 32.0 Å². The van der Waals surface area contributed by atoms with E-state index in [0.29, 0.717) is 11.3 Å². The average Bonchev–Trinajstić information content (AvgIpc) is 3.35. The summed E-state index contributed by atoms with van der Waals surface area (Å²) in [5.41, 5.74) is 0.377. The second kappa shape index (κ2) is 10.6. The lowest BCUT2D eigenvalue weighted by atomic mass is 10.1. The van der Waals surface area contributed by atoms with Crippen LogP contribution >= 0.6 is 0 Å². The van der Waals surface area contributed by atoms with Crippen molar-refractivity contribution in [3.8, 4) is 0 Å². The zero-order valence-corrected chi connectivity index (χ0v) is 18.3. The summed E-state index contributed by atoms with van der Waals surface area (Å²) >= 11 is 0. The fourth-order valence-electron chi connectivity index (χ4n) is 2.75. The molecule has 0 aliphatic rings. The molecular weight excluding hydrogens is 450 g/mol. The van der Waals surface area contributed by atoms with Crippen LogP contribution in [0.3, 0.4) is 0 Å². The predicted molar refractivity (Wildman–Crippen MR) is 116 cm³/mol. The number of esters is 1. The van der Waals surface area contributed by atoms with Crippen LogP contribution in [0.2, 0.25) is 0 Å². The maximum absolute atomic E-state index is 12.7. The lowest BCUT2D eigenvalue weighted by Gasteiger charge is -2.17. The van der Waals surface area contributed by atoms with Crippen LogP contribution in [-0.4, -0.2) is 33.4 Å². The van der Waals surface area contributed by atoms with Gasteiger partial charge in [0.2, 0.25) is 16.1 Å². The number of nitrogens with one attached hydrogen (secondary N) is 3. The highest BCUT2D eigenvalue weighted by Gasteiger charge is 2.27. The maximum atomic E-state index is 12.7. The van der Waals surface area contributed by atoms with Gasteiger partial charge in [-0.2, -0.15) is 0 Å². The Kier molecular flexibility index (Phi) is 7.59. The Hall–Kier alpha value is -3.96. The Bertz CT molecular complexity index is 1210. The largest absolute Gasteiger partial charge is 0.468 e. The lowest BCUT2D eigenvalue weighted by Crippen LogP contribution is -2.41. The van der Waals surface area contributed by atoms with Crippen LogP contribution in [0.1, 0.15) is 27.8 Å². The maximum Gasteiger partial charge on any atom is 0.339 e. The number of amides is 3. The third-order valence-corrected chi connectivity index (χ3v) is 5.86. The summed E-state index contributed by atoms with van der Waals surface area (Å²) < 4.78 is 37.7. The summed E-state index contributed by atoms with van der Waals surface area (Å²) in [5.74, 6) is -1.26. The SMILES string of the molecule is CNC(=O)NC(=O)[C@@H](OC(=O)c1ccc(S(=O)(=O)NCc2ccco2)cc1)c1ccccc1. The van der Waals surface area contributed by atoms with Crippen LogP contribution in [0.4, 0.5) is 4.79 Å². The van der Waals surface area contributed by atoms with Crippen molar-refractivity contribution in [3.05, 3.63) is 89.9 Å². The highest BCUT2D eigenvalue weighted by Crippen LogP contribution is 2.20. The van der Waals surface area contributed by atoms with E-state index in [-0.39, 0.29) is 17.0 Å². The fraction of sp³-hybridized carbons (Fsp3) is 0.136.